The first-order valence-electron chi connectivity index (χ1n) is 9.25. The van der Waals surface area contributed by atoms with Crippen molar-refractivity contribution in [2.75, 3.05) is 0 Å². The SMILES string of the molecule is CCCCc1cc[c-](C)c1.CCCCc1cc[c-](C)c1.C[SiH]C.[F-].[F-].[Zr+4]. The van der Waals surface area contributed by atoms with Crippen LogP contribution in [0.3, 0.4) is 0 Å². The van der Waals surface area contributed by atoms with Crippen LogP contribution in [0.25, 0.3) is 0 Å². The second-order valence-corrected chi connectivity index (χ2v) is 7.53. The first-order chi connectivity index (χ1) is 11.1. The molecule has 0 amide bonds. The number of aryl methyl sites for hydroxylation is 4. The predicted molar refractivity (Wildman–Crippen MR) is 110 cm³/mol. The van der Waals surface area contributed by atoms with Crippen LogP contribution < -0.4 is 9.41 Å². The Balaban J connectivity index is -0.000000147. The van der Waals surface area contributed by atoms with E-state index in [1.54, 1.807) is 0 Å². The molecule has 0 unspecified atom stereocenters. The van der Waals surface area contributed by atoms with Crippen LogP contribution in [0.2, 0.25) is 13.1 Å². The standard InChI is InChI=1S/2C10H15.C2H7Si.2FH.Zr/c2*1-3-4-5-10-7-6-9(2)8-10;1-3-2;;;/h2*6-8H,3-5H2,1-2H3;3H,1-2H3;2*1H;/q2*-1;;;;+4/p-2. The van der Waals surface area contributed by atoms with Crippen molar-refractivity contribution in [2.24, 2.45) is 0 Å². The molecule has 0 aliphatic heterocycles. The Morgan fingerprint density at radius 3 is 1.27 bits per heavy atom. The van der Waals surface area contributed by atoms with E-state index in [0.29, 0.717) is 0 Å². The van der Waals surface area contributed by atoms with Crippen LogP contribution >= 0.6 is 0 Å². The topological polar surface area (TPSA) is 0 Å². The Morgan fingerprint density at radius 2 is 1.08 bits per heavy atom. The summed E-state index contributed by atoms with van der Waals surface area (Å²) in [5, 5.41) is 0. The van der Waals surface area contributed by atoms with Crippen molar-refractivity contribution in [1.82, 2.24) is 0 Å². The van der Waals surface area contributed by atoms with Crippen molar-refractivity contribution in [3.8, 4) is 0 Å². The first-order valence-corrected chi connectivity index (χ1v) is 11.6. The molecule has 0 heterocycles. The van der Waals surface area contributed by atoms with Gasteiger partial charge in [0.25, 0.3) is 0 Å². The Bertz CT molecular complexity index is 448. The summed E-state index contributed by atoms with van der Waals surface area (Å²) in [7, 11) is 0.750. The minimum atomic E-state index is 0. The molecular formula is C22H37F2SiZr. The molecule has 0 fully saturated rings. The van der Waals surface area contributed by atoms with Crippen LogP contribution in [0.1, 0.15) is 61.8 Å². The van der Waals surface area contributed by atoms with Crippen molar-refractivity contribution in [3.05, 3.63) is 58.7 Å². The van der Waals surface area contributed by atoms with Gasteiger partial charge in [0.2, 0.25) is 0 Å². The monoisotopic (exact) mass is 457 g/mol. The molecule has 0 saturated carbocycles. The Labute approximate surface area is 182 Å². The molecule has 147 valence electrons. The van der Waals surface area contributed by atoms with E-state index in [2.05, 4.69) is 77.2 Å². The fourth-order valence-corrected chi connectivity index (χ4v) is 2.33. The van der Waals surface area contributed by atoms with Gasteiger partial charge in [-0.1, -0.05) is 79.3 Å². The molecule has 4 heteroatoms. The summed E-state index contributed by atoms with van der Waals surface area (Å²) < 4.78 is 0. The summed E-state index contributed by atoms with van der Waals surface area (Å²) in [6.45, 7) is 13.2. The van der Waals surface area contributed by atoms with Gasteiger partial charge in [0.1, 0.15) is 0 Å². The average Bonchev–Trinajstić information content (AvgIpc) is 3.13. The van der Waals surface area contributed by atoms with E-state index >= 15 is 0 Å². The summed E-state index contributed by atoms with van der Waals surface area (Å²) in [5.74, 6) is 0. The van der Waals surface area contributed by atoms with Crippen LogP contribution in [0.5, 0.6) is 0 Å². The number of hydrogen-bond donors (Lipinski definition) is 0. The van der Waals surface area contributed by atoms with E-state index in [1.807, 2.05) is 0 Å². The normalized spacial score (nSPS) is 8.54. The third kappa shape index (κ3) is 18.5. The third-order valence-electron chi connectivity index (χ3n) is 3.58. The largest absolute Gasteiger partial charge is 4.00 e. The van der Waals surface area contributed by atoms with Gasteiger partial charge in [0.15, 0.2) is 0 Å². The first kappa shape index (κ1) is 33.3. The number of halogens is 2. The molecule has 0 bridgehead atoms. The van der Waals surface area contributed by atoms with Crippen LogP contribution in [-0.2, 0) is 39.0 Å². The maximum atomic E-state index is 2.27. The van der Waals surface area contributed by atoms with Crippen molar-refractivity contribution < 1.29 is 35.6 Å². The van der Waals surface area contributed by atoms with Gasteiger partial charge in [-0.3, -0.25) is 0 Å². The predicted octanol–water partition coefficient (Wildman–Crippen LogP) is 0.638. The molecular weight excluding hydrogens is 422 g/mol. The summed E-state index contributed by atoms with van der Waals surface area (Å²) in [6, 6.07) is 13.4. The van der Waals surface area contributed by atoms with Crippen molar-refractivity contribution in [2.45, 2.75) is 79.3 Å². The van der Waals surface area contributed by atoms with Crippen LogP contribution in [-0.4, -0.2) is 9.52 Å². The molecule has 0 N–H and O–H groups in total. The molecule has 2 aromatic carbocycles. The molecule has 1 radical (unpaired) electrons. The van der Waals surface area contributed by atoms with Gasteiger partial charge >= 0.3 is 26.2 Å². The zero-order valence-electron chi connectivity index (χ0n) is 17.5. The molecule has 26 heavy (non-hydrogen) atoms. The van der Waals surface area contributed by atoms with Crippen LogP contribution in [0.15, 0.2) is 36.4 Å². The zero-order chi connectivity index (χ0) is 17.5. The molecule has 0 atom stereocenters. The molecule has 0 nitrogen and oxygen atoms in total. The van der Waals surface area contributed by atoms with Crippen LogP contribution in [0, 0.1) is 13.8 Å². The second kappa shape index (κ2) is 22.7. The Kier molecular flexibility index (Phi) is 29.0. The number of rotatable bonds is 6. The van der Waals surface area contributed by atoms with Crippen LogP contribution in [0.4, 0.5) is 0 Å². The third-order valence-corrected chi connectivity index (χ3v) is 3.58. The van der Waals surface area contributed by atoms with E-state index in [9.17, 15) is 0 Å². The van der Waals surface area contributed by atoms with E-state index in [-0.39, 0.29) is 35.6 Å². The van der Waals surface area contributed by atoms with Crippen molar-refractivity contribution in [1.29, 1.82) is 0 Å². The smallest absolute Gasteiger partial charge is 1.00 e. The molecule has 0 aliphatic carbocycles. The van der Waals surface area contributed by atoms with Gasteiger partial charge in [-0.05, 0) is 0 Å². The molecule has 0 aliphatic rings. The maximum absolute atomic E-state index is 2.27. The zero-order valence-corrected chi connectivity index (χ0v) is 21.2. The summed E-state index contributed by atoms with van der Waals surface area (Å²) in [6.07, 6.45) is 7.75. The summed E-state index contributed by atoms with van der Waals surface area (Å²) >= 11 is 0. The van der Waals surface area contributed by atoms with Crippen molar-refractivity contribution in [3.63, 3.8) is 0 Å². The molecule has 0 saturated heterocycles. The molecule has 2 rings (SSSR count). The average molecular weight is 459 g/mol. The van der Waals surface area contributed by atoms with Gasteiger partial charge in [-0.2, -0.15) is 46.5 Å². The molecule has 0 spiro atoms. The van der Waals surface area contributed by atoms with Gasteiger partial charge in [-0.15, -0.1) is 0 Å². The van der Waals surface area contributed by atoms with E-state index in [0.717, 1.165) is 9.52 Å². The van der Waals surface area contributed by atoms with E-state index < -0.39 is 0 Å². The van der Waals surface area contributed by atoms with Gasteiger partial charge in [0, 0.05) is 9.52 Å². The second-order valence-electron chi connectivity index (χ2n) is 6.38. The van der Waals surface area contributed by atoms with E-state index in [1.165, 1.54) is 60.8 Å². The Morgan fingerprint density at radius 1 is 0.769 bits per heavy atom. The minimum absolute atomic E-state index is 0. The fourth-order valence-electron chi connectivity index (χ4n) is 2.33. The summed E-state index contributed by atoms with van der Waals surface area (Å²) in [5.41, 5.74) is 5.79. The maximum Gasteiger partial charge on any atom is 4.00 e. The molecule has 0 aromatic heterocycles. The number of unbranched alkanes of at least 4 members (excludes halogenated alkanes) is 2. The quantitative estimate of drug-likeness (QED) is 0.440. The van der Waals surface area contributed by atoms with Gasteiger partial charge in [0.05, 0.1) is 0 Å². The number of hydrogen-bond acceptors (Lipinski definition) is 0. The Hall–Kier alpha value is -0.340. The van der Waals surface area contributed by atoms with Gasteiger partial charge in [-0.25, -0.2) is 12.1 Å². The molecule has 2 aromatic rings. The fraction of sp³-hybridized carbons (Fsp3) is 0.545. The van der Waals surface area contributed by atoms with Gasteiger partial charge < -0.3 is 9.41 Å². The van der Waals surface area contributed by atoms with Crippen molar-refractivity contribution >= 4 is 9.52 Å². The van der Waals surface area contributed by atoms with E-state index in [4.69, 9.17) is 0 Å². The minimum Gasteiger partial charge on any atom is -1.00 e. The summed E-state index contributed by atoms with van der Waals surface area (Å²) in [4.78, 5) is 0.